The molecule has 4 aliphatic rings. The molecular formula is C13H20N2O2. The highest BCUT2D eigenvalue weighted by molar-refractivity contribution is 5.68. The van der Waals surface area contributed by atoms with Gasteiger partial charge in [0.15, 0.2) is 0 Å². The Labute approximate surface area is 102 Å². The van der Waals surface area contributed by atoms with Crippen molar-refractivity contribution in [1.82, 2.24) is 10.2 Å². The van der Waals surface area contributed by atoms with Crippen LogP contribution in [0.25, 0.3) is 0 Å². The molecule has 4 nitrogen and oxygen atoms in total. The molecule has 4 fully saturated rings. The number of carbonyl (C=O) groups is 1. The summed E-state index contributed by atoms with van der Waals surface area (Å²) in [5.74, 6) is 2.29. The average Bonchev–Trinajstić information content (AvgIpc) is 3.02. The number of hydrogen-bond donors (Lipinski definition) is 1. The first-order valence-electron chi connectivity index (χ1n) is 7.02. The second-order valence-electron chi connectivity index (χ2n) is 6.13. The minimum Gasteiger partial charge on any atom is -0.444 e. The summed E-state index contributed by atoms with van der Waals surface area (Å²) in [7, 11) is 0. The number of rotatable bonds is 1. The summed E-state index contributed by atoms with van der Waals surface area (Å²) in [4.78, 5) is 13.9. The van der Waals surface area contributed by atoms with Gasteiger partial charge in [0.05, 0.1) is 0 Å². The van der Waals surface area contributed by atoms with Gasteiger partial charge >= 0.3 is 6.09 Å². The Bertz CT molecular complexity index is 338. The lowest BCUT2D eigenvalue weighted by molar-refractivity contribution is 0.0304. The summed E-state index contributed by atoms with van der Waals surface area (Å²) in [5, 5.41) is 3.56. The molecule has 2 heterocycles. The second kappa shape index (κ2) is 3.61. The Hall–Kier alpha value is -0.770. The van der Waals surface area contributed by atoms with Crippen LogP contribution in [-0.4, -0.2) is 42.8 Å². The molecule has 2 saturated heterocycles. The van der Waals surface area contributed by atoms with Crippen molar-refractivity contribution in [2.45, 2.75) is 37.8 Å². The van der Waals surface area contributed by atoms with E-state index in [4.69, 9.17) is 4.74 Å². The fourth-order valence-corrected chi connectivity index (χ4v) is 4.50. The van der Waals surface area contributed by atoms with Crippen LogP contribution < -0.4 is 5.32 Å². The van der Waals surface area contributed by atoms with E-state index in [-0.39, 0.29) is 12.2 Å². The zero-order valence-corrected chi connectivity index (χ0v) is 10.1. The van der Waals surface area contributed by atoms with Gasteiger partial charge in [0.2, 0.25) is 0 Å². The summed E-state index contributed by atoms with van der Waals surface area (Å²) in [6.07, 6.45) is 4.91. The van der Waals surface area contributed by atoms with Gasteiger partial charge < -0.3 is 15.0 Å². The molecule has 2 aliphatic carbocycles. The van der Waals surface area contributed by atoms with E-state index in [9.17, 15) is 4.79 Å². The summed E-state index contributed by atoms with van der Waals surface area (Å²) in [5.41, 5.74) is 0. The maximum absolute atomic E-state index is 12.0. The summed E-state index contributed by atoms with van der Waals surface area (Å²) >= 11 is 0. The van der Waals surface area contributed by atoms with E-state index in [2.05, 4.69) is 5.32 Å². The average molecular weight is 236 g/mol. The number of nitrogens with zero attached hydrogens (tertiary/aromatic N) is 1. The van der Waals surface area contributed by atoms with Gasteiger partial charge in [0.1, 0.15) is 6.10 Å². The Kier molecular flexibility index (Phi) is 2.16. The predicted molar refractivity (Wildman–Crippen MR) is 62.6 cm³/mol. The van der Waals surface area contributed by atoms with Crippen LogP contribution >= 0.6 is 0 Å². The number of ether oxygens (including phenoxy) is 1. The molecule has 4 heteroatoms. The number of nitrogens with one attached hydrogen (secondary N) is 1. The van der Waals surface area contributed by atoms with E-state index in [1.807, 2.05) is 4.90 Å². The molecule has 17 heavy (non-hydrogen) atoms. The summed E-state index contributed by atoms with van der Waals surface area (Å²) in [6, 6.07) is 0.463. The molecule has 2 aliphatic heterocycles. The normalized spacial score (nSPS) is 46.8. The van der Waals surface area contributed by atoms with E-state index in [0.717, 1.165) is 44.3 Å². The molecule has 4 rings (SSSR count). The molecule has 5 unspecified atom stereocenters. The fraction of sp³-hybridized carbons (Fsp3) is 0.923. The molecule has 0 aromatic carbocycles. The Morgan fingerprint density at radius 1 is 1.18 bits per heavy atom. The van der Waals surface area contributed by atoms with Crippen LogP contribution in [0.1, 0.15) is 25.7 Å². The van der Waals surface area contributed by atoms with Gasteiger partial charge in [-0.15, -0.1) is 0 Å². The van der Waals surface area contributed by atoms with Crippen LogP contribution in [0, 0.1) is 17.8 Å². The zero-order chi connectivity index (χ0) is 11.4. The van der Waals surface area contributed by atoms with Crippen LogP contribution in [0.2, 0.25) is 0 Å². The van der Waals surface area contributed by atoms with Gasteiger partial charge in [-0.1, -0.05) is 0 Å². The van der Waals surface area contributed by atoms with Crippen molar-refractivity contribution in [1.29, 1.82) is 0 Å². The maximum atomic E-state index is 12.0. The maximum Gasteiger partial charge on any atom is 0.410 e. The van der Waals surface area contributed by atoms with Crippen molar-refractivity contribution in [2.75, 3.05) is 19.6 Å². The largest absolute Gasteiger partial charge is 0.444 e. The molecule has 0 aromatic rings. The molecule has 1 amide bonds. The standard InChI is InChI=1S/C13H20N2O2/c16-13(15-3-1-2-4-15)17-12-8-5-9-7-14-11(12)10(9)6-8/h8-12,14H,1-7H2. The van der Waals surface area contributed by atoms with E-state index in [1.54, 1.807) is 0 Å². The van der Waals surface area contributed by atoms with E-state index >= 15 is 0 Å². The third-order valence-corrected chi connectivity index (χ3v) is 5.28. The van der Waals surface area contributed by atoms with Gasteiger partial charge in [-0.3, -0.25) is 0 Å². The van der Waals surface area contributed by atoms with Crippen molar-refractivity contribution >= 4 is 6.09 Å². The molecule has 2 bridgehead atoms. The van der Waals surface area contributed by atoms with E-state index < -0.39 is 0 Å². The molecule has 94 valence electrons. The predicted octanol–water partition coefficient (Wildman–Crippen LogP) is 1.22. The van der Waals surface area contributed by atoms with Gasteiger partial charge in [-0.25, -0.2) is 4.79 Å². The molecule has 0 aromatic heterocycles. The van der Waals surface area contributed by atoms with Gasteiger partial charge in [-0.2, -0.15) is 0 Å². The number of hydrogen-bond acceptors (Lipinski definition) is 3. The smallest absolute Gasteiger partial charge is 0.410 e. The topological polar surface area (TPSA) is 41.6 Å². The molecule has 0 radical (unpaired) electrons. The highest BCUT2D eigenvalue weighted by Gasteiger charge is 2.57. The molecule has 0 spiro atoms. The zero-order valence-electron chi connectivity index (χ0n) is 10.1. The van der Waals surface area contributed by atoms with Crippen molar-refractivity contribution in [3.8, 4) is 0 Å². The molecule has 5 atom stereocenters. The van der Waals surface area contributed by atoms with Crippen LogP contribution in [-0.2, 0) is 4.74 Å². The van der Waals surface area contributed by atoms with Crippen LogP contribution in [0.5, 0.6) is 0 Å². The molecular weight excluding hydrogens is 216 g/mol. The lowest BCUT2D eigenvalue weighted by Crippen LogP contribution is -2.43. The fourth-order valence-electron chi connectivity index (χ4n) is 4.50. The van der Waals surface area contributed by atoms with Gasteiger partial charge in [0, 0.05) is 19.1 Å². The third-order valence-electron chi connectivity index (χ3n) is 5.28. The monoisotopic (exact) mass is 236 g/mol. The van der Waals surface area contributed by atoms with E-state index in [1.165, 1.54) is 12.8 Å². The van der Waals surface area contributed by atoms with Gasteiger partial charge in [0.25, 0.3) is 0 Å². The highest BCUT2D eigenvalue weighted by atomic mass is 16.6. The van der Waals surface area contributed by atoms with Crippen molar-refractivity contribution in [2.24, 2.45) is 17.8 Å². The summed E-state index contributed by atoms with van der Waals surface area (Å²) in [6.45, 7) is 2.92. The number of fused-ring (bicyclic) bond motifs is 1. The van der Waals surface area contributed by atoms with Crippen LogP contribution in [0.3, 0.4) is 0 Å². The lowest BCUT2D eigenvalue weighted by atomic mass is 9.88. The van der Waals surface area contributed by atoms with Crippen LogP contribution in [0.4, 0.5) is 4.79 Å². The second-order valence-corrected chi connectivity index (χ2v) is 6.13. The van der Waals surface area contributed by atoms with Crippen molar-refractivity contribution < 1.29 is 9.53 Å². The third kappa shape index (κ3) is 1.43. The number of carbonyl (C=O) groups excluding carboxylic acids is 1. The Balaban J connectivity index is 1.44. The molecule has 1 N–H and O–H groups in total. The molecule has 2 saturated carbocycles. The highest BCUT2D eigenvalue weighted by Crippen LogP contribution is 2.52. The first-order chi connectivity index (χ1) is 8.33. The minimum absolute atomic E-state index is 0.0645. The SMILES string of the molecule is O=C(OC1C2CC3CNC1C3C2)N1CCCC1. The van der Waals surface area contributed by atoms with E-state index in [0.29, 0.717) is 12.0 Å². The van der Waals surface area contributed by atoms with Crippen molar-refractivity contribution in [3.63, 3.8) is 0 Å². The first kappa shape index (κ1) is 10.2. The number of likely N-dealkylation sites (tertiary alicyclic amines) is 1. The number of amides is 1. The van der Waals surface area contributed by atoms with Gasteiger partial charge in [-0.05, 0) is 50.0 Å². The van der Waals surface area contributed by atoms with Crippen LogP contribution in [0.15, 0.2) is 0 Å². The Morgan fingerprint density at radius 2 is 2.00 bits per heavy atom. The minimum atomic E-state index is -0.0645. The summed E-state index contributed by atoms with van der Waals surface area (Å²) < 4.78 is 5.78. The lowest BCUT2D eigenvalue weighted by Gasteiger charge is -2.29. The quantitative estimate of drug-likeness (QED) is 0.744. The first-order valence-corrected chi connectivity index (χ1v) is 7.02. The Morgan fingerprint density at radius 3 is 2.82 bits per heavy atom. The van der Waals surface area contributed by atoms with Crippen molar-refractivity contribution in [3.05, 3.63) is 0 Å².